The molecule has 0 saturated carbocycles. The van der Waals surface area contributed by atoms with Crippen LogP contribution in [0.1, 0.15) is 39.9 Å². The van der Waals surface area contributed by atoms with E-state index in [4.69, 9.17) is 33.2 Å². The number of hydrogen-bond acceptors (Lipinski definition) is 11. The first-order valence-corrected chi connectivity index (χ1v) is 15.8. The molecule has 11 heteroatoms. The predicted octanol–water partition coefficient (Wildman–Crippen LogP) is 4.77. The first kappa shape index (κ1) is 33.0. The lowest BCUT2D eigenvalue weighted by atomic mass is 9.72. The van der Waals surface area contributed by atoms with Gasteiger partial charge in [-0.25, -0.2) is 4.79 Å². The molecule has 3 aliphatic rings. The van der Waals surface area contributed by atoms with Crippen molar-refractivity contribution < 1.29 is 38.0 Å². The van der Waals surface area contributed by atoms with Crippen LogP contribution in [-0.2, 0) is 22.4 Å². The minimum absolute atomic E-state index is 0.0298. The van der Waals surface area contributed by atoms with Gasteiger partial charge in [-0.2, -0.15) is 5.26 Å². The number of methoxy groups -OCH3 is 6. The topological polar surface area (TPSA) is 112 Å². The molecule has 5 atom stereocenters. The quantitative estimate of drug-likeness (QED) is 0.223. The molecule has 2 unspecified atom stereocenters. The van der Waals surface area contributed by atoms with E-state index in [-0.39, 0.29) is 24.7 Å². The largest absolute Gasteiger partial charge is 0.497 e. The minimum Gasteiger partial charge on any atom is -0.497 e. The number of piperazine rings is 1. The van der Waals surface area contributed by atoms with Gasteiger partial charge in [0.05, 0.1) is 60.8 Å². The summed E-state index contributed by atoms with van der Waals surface area (Å²) in [4.78, 5) is 17.8. The van der Waals surface area contributed by atoms with E-state index < -0.39 is 18.1 Å². The van der Waals surface area contributed by atoms with E-state index in [0.29, 0.717) is 52.9 Å². The molecule has 3 heterocycles. The van der Waals surface area contributed by atoms with Crippen molar-refractivity contribution in [1.82, 2.24) is 9.80 Å². The van der Waals surface area contributed by atoms with Crippen LogP contribution < -0.4 is 28.4 Å². The van der Waals surface area contributed by atoms with Crippen molar-refractivity contribution in [3.63, 3.8) is 0 Å². The molecule has 0 aromatic heterocycles. The fourth-order valence-electron chi connectivity index (χ4n) is 7.67. The van der Waals surface area contributed by atoms with Gasteiger partial charge in [0.1, 0.15) is 24.1 Å². The van der Waals surface area contributed by atoms with Gasteiger partial charge in [-0.15, -0.1) is 0 Å². The zero-order chi connectivity index (χ0) is 34.1. The maximum Gasteiger partial charge on any atom is 0.330 e. The number of likely N-dealkylation sites (N-methyl/N-ethyl adjacent to an activating group) is 1. The number of ether oxygens (including phenoxy) is 7. The Kier molecular flexibility index (Phi) is 9.40. The molecule has 48 heavy (non-hydrogen) atoms. The smallest absolute Gasteiger partial charge is 0.330 e. The van der Waals surface area contributed by atoms with E-state index in [0.717, 1.165) is 22.3 Å². The van der Waals surface area contributed by atoms with E-state index >= 15 is 0 Å². The van der Waals surface area contributed by atoms with Crippen molar-refractivity contribution in [1.29, 1.82) is 5.26 Å². The van der Waals surface area contributed by atoms with Crippen molar-refractivity contribution in [2.24, 2.45) is 0 Å². The lowest BCUT2D eigenvalue weighted by Crippen LogP contribution is -2.68. The number of nitriles is 1. The number of hydrogen-bond donors (Lipinski definition) is 0. The molecule has 0 radical (unpaired) electrons. The molecule has 0 spiro atoms. The van der Waals surface area contributed by atoms with E-state index in [1.165, 1.54) is 6.08 Å². The Morgan fingerprint density at radius 1 is 0.792 bits per heavy atom. The Bertz CT molecular complexity index is 1770. The molecule has 0 amide bonds. The van der Waals surface area contributed by atoms with E-state index in [1.54, 1.807) is 60.9 Å². The van der Waals surface area contributed by atoms with Crippen molar-refractivity contribution in [3.8, 4) is 40.6 Å². The summed E-state index contributed by atoms with van der Waals surface area (Å²) < 4.78 is 39.5. The van der Waals surface area contributed by atoms with E-state index in [1.807, 2.05) is 24.3 Å². The summed E-state index contributed by atoms with van der Waals surface area (Å²) in [6.45, 7) is 0.0298. The number of rotatable bonds is 10. The Hall–Kier alpha value is -4.92. The monoisotopic (exact) mass is 655 g/mol. The molecule has 1 fully saturated rings. The van der Waals surface area contributed by atoms with Gasteiger partial charge in [-0.3, -0.25) is 9.80 Å². The highest BCUT2D eigenvalue weighted by atomic mass is 16.5. The highest BCUT2D eigenvalue weighted by molar-refractivity contribution is 5.87. The van der Waals surface area contributed by atoms with Gasteiger partial charge in [0, 0.05) is 29.8 Å². The highest BCUT2D eigenvalue weighted by Gasteiger charge is 2.54. The summed E-state index contributed by atoms with van der Waals surface area (Å²) in [7, 11) is 11.7. The standard InChI is InChI=1S/C37H41N3O8/c1-39-27-12-23-15-33(45-5)35(47-7)18-26(23)37(39)28-13-22-14-32(44-4)34(46-6)17-25(22)30(40(28)29(27)19-38)20-48-36(41)11-9-21-8-10-24(42-2)16-31(21)43-3/h8-11,14-18,27-30,37H,12-13,20H2,1-7H3/b11-9+/t27-,28?,29-,30?,37+/m0/s1. The van der Waals surface area contributed by atoms with Gasteiger partial charge in [-0.05, 0) is 84.6 Å². The summed E-state index contributed by atoms with van der Waals surface area (Å²) in [6, 6.07) is 14.8. The van der Waals surface area contributed by atoms with Crippen molar-refractivity contribution in [2.75, 3.05) is 56.3 Å². The number of esters is 1. The number of nitrogens with zero attached hydrogens (tertiary/aromatic N) is 3. The third kappa shape index (κ3) is 5.65. The Morgan fingerprint density at radius 2 is 1.38 bits per heavy atom. The number of benzene rings is 3. The maximum atomic E-state index is 13.2. The van der Waals surface area contributed by atoms with Gasteiger partial charge < -0.3 is 33.2 Å². The molecule has 0 N–H and O–H groups in total. The number of fused-ring (bicyclic) bond motifs is 7. The van der Waals surface area contributed by atoms with Gasteiger partial charge in [0.25, 0.3) is 0 Å². The second-order valence-electron chi connectivity index (χ2n) is 12.1. The molecule has 3 aromatic rings. The van der Waals surface area contributed by atoms with Crippen LogP contribution in [0.15, 0.2) is 48.5 Å². The molecule has 3 aromatic carbocycles. The number of carbonyl (C=O) groups is 1. The lowest BCUT2D eigenvalue weighted by molar-refractivity contribution is -0.143. The van der Waals surface area contributed by atoms with Gasteiger partial charge in [0.2, 0.25) is 0 Å². The lowest BCUT2D eigenvalue weighted by Gasteiger charge is -2.59. The van der Waals surface area contributed by atoms with Crippen LogP contribution >= 0.6 is 0 Å². The first-order chi connectivity index (χ1) is 23.3. The zero-order valence-electron chi connectivity index (χ0n) is 28.3. The normalized spacial score (nSPS) is 22.8. The van der Waals surface area contributed by atoms with Crippen LogP contribution in [0.2, 0.25) is 0 Å². The fourth-order valence-corrected chi connectivity index (χ4v) is 7.67. The van der Waals surface area contributed by atoms with Crippen molar-refractivity contribution in [2.45, 2.75) is 43.1 Å². The van der Waals surface area contributed by atoms with Crippen LogP contribution in [-0.4, -0.2) is 90.2 Å². The second-order valence-corrected chi connectivity index (χ2v) is 12.1. The third-order valence-corrected chi connectivity index (χ3v) is 9.94. The van der Waals surface area contributed by atoms with Gasteiger partial charge in [-0.1, -0.05) is 0 Å². The maximum absolute atomic E-state index is 13.2. The second kappa shape index (κ2) is 13.7. The third-order valence-electron chi connectivity index (χ3n) is 9.94. The molecule has 2 bridgehead atoms. The van der Waals surface area contributed by atoms with Crippen LogP contribution in [0.5, 0.6) is 34.5 Å². The SMILES string of the molecule is COc1ccc(/C=C/C(=O)OCC2c3cc(OC)c(OC)cc3CC3[C@H]4c5cc(OC)c(OC)cc5C[C@@H]([C@H](C#N)N23)N4C)c(OC)c1. The summed E-state index contributed by atoms with van der Waals surface area (Å²) in [5.41, 5.74) is 4.96. The van der Waals surface area contributed by atoms with Crippen molar-refractivity contribution in [3.05, 3.63) is 76.4 Å². The summed E-state index contributed by atoms with van der Waals surface area (Å²) in [5.74, 6) is 3.22. The van der Waals surface area contributed by atoms with Crippen LogP contribution in [0.25, 0.3) is 6.08 Å². The van der Waals surface area contributed by atoms with Gasteiger partial charge in [0.15, 0.2) is 23.0 Å². The van der Waals surface area contributed by atoms with Crippen LogP contribution in [0, 0.1) is 11.3 Å². The first-order valence-electron chi connectivity index (χ1n) is 15.8. The molecular weight excluding hydrogens is 614 g/mol. The number of carbonyl (C=O) groups excluding carboxylic acids is 1. The zero-order valence-corrected chi connectivity index (χ0v) is 28.3. The average Bonchev–Trinajstić information content (AvgIpc) is 3.11. The molecule has 3 aliphatic heterocycles. The van der Waals surface area contributed by atoms with Crippen LogP contribution in [0.4, 0.5) is 0 Å². The van der Waals surface area contributed by atoms with Crippen LogP contribution in [0.3, 0.4) is 0 Å². The molecule has 0 aliphatic carbocycles. The summed E-state index contributed by atoms with van der Waals surface area (Å²) in [5, 5.41) is 10.8. The molecule has 6 rings (SSSR count). The fraction of sp³-hybridized carbons (Fsp3) is 0.405. The summed E-state index contributed by atoms with van der Waals surface area (Å²) >= 11 is 0. The molecule has 1 saturated heterocycles. The Balaban J connectivity index is 1.39. The van der Waals surface area contributed by atoms with E-state index in [9.17, 15) is 10.1 Å². The molecular formula is C37H41N3O8. The average molecular weight is 656 g/mol. The van der Waals surface area contributed by atoms with Gasteiger partial charge >= 0.3 is 5.97 Å². The Labute approximate surface area is 281 Å². The predicted molar refractivity (Wildman–Crippen MR) is 178 cm³/mol. The molecule has 11 nitrogen and oxygen atoms in total. The minimum atomic E-state index is -0.512. The van der Waals surface area contributed by atoms with Crippen molar-refractivity contribution >= 4 is 12.0 Å². The summed E-state index contributed by atoms with van der Waals surface area (Å²) in [6.07, 6.45) is 4.34. The highest BCUT2D eigenvalue weighted by Crippen LogP contribution is 2.52. The molecule has 252 valence electrons. The Morgan fingerprint density at radius 3 is 1.98 bits per heavy atom. The van der Waals surface area contributed by atoms with E-state index in [2.05, 4.69) is 29.0 Å².